The summed E-state index contributed by atoms with van der Waals surface area (Å²) >= 11 is 0. The van der Waals surface area contributed by atoms with E-state index in [4.69, 9.17) is 4.74 Å². The molecule has 1 aromatic rings. The molecule has 18 heavy (non-hydrogen) atoms. The molecule has 0 unspecified atom stereocenters. The van der Waals surface area contributed by atoms with Gasteiger partial charge in [-0.15, -0.1) is 0 Å². The monoisotopic (exact) mass is 249 g/mol. The van der Waals surface area contributed by atoms with Crippen LogP contribution in [0.25, 0.3) is 5.57 Å². The number of esters is 1. The number of allylic oxidation sites excluding steroid dienone is 2. The number of rotatable bonds is 3. The van der Waals surface area contributed by atoms with Crippen LogP contribution in [0.4, 0.5) is 4.39 Å². The molecule has 1 atom stereocenters. The summed E-state index contributed by atoms with van der Waals surface area (Å²) in [4.78, 5) is 15.7. The zero-order valence-electron chi connectivity index (χ0n) is 10.4. The van der Waals surface area contributed by atoms with Crippen molar-refractivity contribution in [1.29, 1.82) is 0 Å². The molecule has 0 saturated carbocycles. The van der Waals surface area contributed by atoms with Crippen LogP contribution in [-0.2, 0) is 9.53 Å². The number of hydrogen-bond acceptors (Lipinski definition) is 3. The van der Waals surface area contributed by atoms with E-state index in [1.165, 1.54) is 18.3 Å². The van der Waals surface area contributed by atoms with Crippen molar-refractivity contribution in [3.63, 3.8) is 0 Å². The second-order valence-corrected chi connectivity index (χ2v) is 4.31. The van der Waals surface area contributed by atoms with Gasteiger partial charge in [-0.3, -0.25) is 9.78 Å². The van der Waals surface area contributed by atoms with E-state index in [0.29, 0.717) is 18.7 Å². The van der Waals surface area contributed by atoms with Gasteiger partial charge < -0.3 is 4.74 Å². The lowest BCUT2D eigenvalue weighted by Gasteiger charge is -2.20. The predicted molar refractivity (Wildman–Crippen MR) is 66.1 cm³/mol. The number of carbonyl (C=O) groups excluding carboxylic acids is 1. The normalized spacial score (nSPS) is 19.2. The Balaban J connectivity index is 2.05. The smallest absolute Gasteiger partial charge is 0.309 e. The molecule has 1 aliphatic rings. The predicted octanol–water partition coefficient (Wildman–Crippen LogP) is 2.97. The van der Waals surface area contributed by atoms with Gasteiger partial charge in [-0.25, -0.2) is 4.39 Å². The molecule has 3 nitrogen and oxygen atoms in total. The van der Waals surface area contributed by atoms with Gasteiger partial charge in [-0.2, -0.15) is 0 Å². The van der Waals surface area contributed by atoms with E-state index in [0.717, 1.165) is 18.4 Å². The molecule has 0 spiro atoms. The van der Waals surface area contributed by atoms with E-state index in [9.17, 15) is 9.18 Å². The van der Waals surface area contributed by atoms with Crippen molar-refractivity contribution in [2.24, 2.45) is 5.92 Å². The van der Waals surface area contributed by atoms with E-state index < -0.39 is 0 Å². The van der Waals surface area contributed by atoms with Gasteiger partial charge in [0, 0.05) is 6.20 Å². The molecule has 4 heteroatoms. The van der Waals surface area contributed by atoms with Crippen molar-refractivity contribution in [3.05, 3.63) is 35.9 Å². The summed E-state index contributed by atoms with van der Waals surface area (Å²) in [5.41, 5.74) is 1.67. The zero-order valence-corrected chi connectivity index (χ0v) is 10.4. The molecule has 0 aromatic carbocycles. The van der Waals surface area contributed by atoms with Crippen molar-refractivity contribution in [3.8, 4) is 0 Å². The molecule has 2 rings (SSSR count). The fraction of sp³-hybridized carbons (Fsp3) is 0.429. The highest BCUT2D eigenvalue weighted by Gasteiger charge is 2.23. The van der Waals surface area contributed by atoms with E-state index >= 15 is 0 Å². The van der Waals surface area contributed by atoms with Crippen LogP contribution in [0.3, 0.4) is 0 Å². The van der Waals surface area contributed by atoms with Gasteiger partial charge in [0.2, 0.25) is 0 Å². The number of aromatic nitrogens is 1. The standard InChI is InChI=1S/C14H16FNO2/c1-2-18-14(17)11-5-3-10(4-6-11)13-9-12(15)7-8-16-13/h3,7-9,11H,2,4-6H2,1H3/t11-/m1/s1. The van der Waals surface area contributed by atoms with Crippen molar-refractivity contribution < 1.29 is 13.9 Å². The summed E-state index contributed by atoms with van der Waals surface area (Å²) in [7, 11) is 0. The highest BCUT2D eigenvalue weighted by atomic mass is 19.1. The summed E-state index contributed by atoms with van der Waals surface area (Å²) in [5, 5.41) is 0. The van der Waals surface area contributed by atoms with Crippen LogP contribution >= 0.6 is 0 Å². The first-order chi connectivity index (χ1) is 8.70. The van der Waals surface area contributed by atoms with E-state index in [2.05, 4.69) is 4.98 Å². The Morgan fingerprint density at radius 2 is 2.44 bits per heavy atom. The second-order valence-electron chi connectivity index (χ2n) is 4.31. The van der Waals surface area contributed by atoms with Gasteiger partial charge in [0.25, 0.3) is 0 Å². The van der Waals surface area contributed by atoms with E-state index in [1.54, 1.807) is 6.92 Å². The average molecular weight is 249 g/mol. The molecule has 0 bridgehead atoms. The Morgan fingerprint density at radius 1 is 1.61 bits per heavy atom. The summed E-state index contributed by atoms with van der Waals surface area (Å²) in [6.07, 6.45) is 5.55. The Kier molecular flexibility index (Phi) is 4.07. The number of carbonyl (C=O) groups is 1. The van der Waals surface area contributed by atoms with Crippen LogP contribution in [0.15, 0.2) is 24.4 Å². The molecule has 1 aliphatic carbocycles. The first kappa shape index (κ1) is 12.7. The van der Waals surface area contributed by atoms with Crippen LogP contribution in [0.2, 0.25) is 0 Å². The zero-order chi connectivity index (χ0) is 13.0. The summed E-state index contributed by atoms with van der Waals surface area (Å²) < 4.78 is 18.1. The van der Waals surface area contributed by atoms with Crippen molar-refractivity contribution in [2.75, 3.05) is 6.61 Å². The molecule has 0 aliphatic heterocycles. The first-order valence-corrected chi connectivity index (χ1v) is 6.18. The average Bonchev–Trinajstić information content (AvgIpc) is 2.39. The summed E-state index contributed by atoms with van der Waals surface area (Å²) in [6.45, 7) is 2.22. The Hall–Kier alpha value is -1.71. The molecule has 0 saturated heterocycles. The largest absolute Gasteiger partial charge is 0.466 e. The van der Waals surface area contributed by atoms with Gasteiger partial charge in [0.1, 0.15) is 5.82 Å². The number of ether oxygens (including phenoxy) is 1. The Morgan fingerprint density at radius 3 is 3.06 bits per heavy atom. The molecule has 0 radical (unpaired) electrons. The molecule has 0 N–H and O–H groups in total. The van der Waals surface area contributed by atoms with Crippen molar-refractivity contribution in [1.82, 2.24) is 4.98 Å². The fourth-order valence-electron chi connectivity index (χ4n) is 2.12. The minimum Gasteiger partial charge on any atom is -0.466 e. The molecule has 0 fully saturated rings. The fourth-order valence-corrected chi connectivity index (χ4v) is 2.12. The minimum absolute atomic E-state index is 0.0674. The van der Waals surface area contributed by atoms with Crippen molar-refractivity contribution >= 4 is 11.5 Å². The van der Waals surface area contributed by atoms with Gasteiger partial charge in [-0.05, 0) is 43.9 Å². The molecule has 1 aromatic heterocycles. The van der Waals surface area contributed by atoms with E-state index in [-0.39, 0.29) is 17.7 Å². The third kappa shape index (κ3) is 2.94. The lowest BCUT2D eigenvalue weighted by molar-refractivity contribution is -0.148. The Labute approximate surface area is 106 Å². The van der Waals surface area contributed by atoms with Gasteiger partial charge >= 0.3 is 5.97 Å². The maximum absolute atomic E-state index is 13.1. The lowest BCUT2D eigenvalue weighted by Crippen LogP contribution is -2.19. The molecular formula is C14H16FNO2. The second kappa shape index (κ2) is 5.76. The molecule has 96 valence electrons. The van der Waals surface area contributed by atoms with Gasteiger partial charge in [0.05, 0.1) is 18.2 Å². The first-order valence-electron chi connectivity index (χ1n) is 6.18. The van der Waals surface area contributed by atoms with Gasteiger partial charge in [0.15, 0.2) is 0 Å². The third-order valence-corrected chi connectivity index (χ3v) is 3.08. The third-order valence-electron chi connectivity index (χ3n) is 3.08. The number of hydrogen-bond donors (Lipinski definition) is 0. The molecule has 1 heterocycles. The number of pyridine rings is 1. The highest BCUT2D eigenvalue weighted by Crippen LogP contribution is 2.30. The van der Waals surface area contributed by atoms with E-state index in [1.807, 2.05) is 6.08 Å². The molecular weight excluding hydrogens is 233 g/mol. The van der Waals surface area contributed by atoms with Crippen LogP contribution < -0.4 is 0 Å². The summed E-state index contributed by atoms with van der Waals surface area (Å²) in [6, 6.07) is 2.75. The lowest BCUT2D eigenvalue weighted by atomic mass is 9.88. The van der Waals surface area contributed by atoms with Crippen molar-refractivity contribution in [2.45, 2.75) is 26.2 Å². The minimum atomic E-state index is -0.284. The number of nitrogens with zero attached hydrogens (tertiary/aromatic N) is 1. The van der Waals surface area contributed by atoms with Crippen LogP contribution in [0, 0.1) is 11.7 Å². The SMILES string of the molecule is CCOC(=O)[C@@H]1CC=C(c2cc(F)ccn2)CC1. The maximum Gasteiger partial charge on any atom is 0.309 e. The molecule has 0 amide bonds. The topological polar surface area (TPSA) is 39.2 Å². The quantitative estimate of drug-likeness (QED) is 0.773. The van der Waals surface area contributed by atoms with Crippen LogP contribution in [0.5, 0.6) is 0 Å². The Bertz CT molecular complexity index is 471. The number of halogens is 1. The van der Waals surface area contributed by atoms with Crippen LogP contribution in [0.1, 0.15) is 31.9 Å². The maximum atomic E-state index is 13.1. The summed E-state index contributed by atoms with van der Waals surface area (Å²) in [5.74, 6) is -0.490. The van der Waals surface area contributed by atoms with Crippen LogP contribution in [-0.4, -0.2) is 17.6 Å². The highest BCUT2D eigenvalue weighted by molar-refractivity contribution is 5.75. The van der Waals surface area contributed by atoms with Gasteiger partial charge in [-0.1, -0.05) is 6.08 Å².